The van der Waals surface area contributed by atoms with Crippen molar-refractivity contribution in [1.82, 2.24) is 10.3 Å². The number of carbonyl (C=O) groups is 2. The van der Waals surface area contributed by atoms with Gasteiger partial charge in [-0.3, -0.25) is 4.79 Å². The maximum atomic E-state index is 13.4. The van der Waals surface area contributed by atoms with Gasteiger partial charge in [0, 0.05) is 6.92 Å². The predicted octanol–water partition coefficient (Wildman–Crippen LogP) is 4.93. The van der Waals surface area contributed by atoms with Gasteiger partial charge in [-0.05, 0) is 52.2 Å². The van der Waals surface area contributed by atoms with Crippen LogP contribution in [0.25, 0.3) is 0 Å². The Morgan fingerprint density at radius 2 is 1.79 bits per heavy atom. The minimum Gasteiger partial charge on any atom is -0.489 e. The minimum atomic E-state index is -2.90. The number of halogens is 2. The average Bonchev–Trinajstić information content (AvgIpc) is 2.49. The summed E-state index contributed by atoms with van der Waals surface area (Å²) < 4.78 is 37.6. The number of hydrogen-bond donors (Lipinski definition) is 1. The Bertz CT molecular complexity index is 702. The zero-order valence-electron chi connectivity index (χ0n) is 17.6. The van der Waals surface area contributed by atoms with E-state index >= 15 is 0 Å². The Morgan fingerprint density at radius 1 is 1.18 bits per heavy atom. The van der Waals surface area contributed by atoms with Crippen LogP contribution in [-0.2, 0) is 4.74 Å². The molecule has 0 radical (unpaired) electrons. The largest absolute Gasteiger partial charge is 0.489 e. The summed E-state index contributed by atoms with van der Waals surface area (Å²) in [5, 5.41) is 2.78. The van der Waals surface area contributed by atoms with E-state index in [4.69, 9.17) is 9.47 Å². The molecule has 0 unspecified atom stereocenters. The Hall–Kier alpha value is -2.25. The first-order valence-corrected chi connectivity index (χ1v) is 9.16. The summed E-state index contributed by atoms with van der Waals surface area (Å²) in [6.07, 6.45) is -2.97. The van der Waals surface area contributed by atoms with Crippen LogP contribution < -0.4 is 10.1 Å². The van der Waals surface area contributed by atoms with Gasteiger partial charge in [0.1, 0.15) is 29.3 Å². The molecule has 6 nitrogen and oxygen atoms in total. The molecular weight excluding hydrogens is 370 g/mol. The Balaban J connectivity index is 3.02. The lowest BCUT2D eigenvalue weighted by atomic mass is 9.91. The summed E-state index contributed by atoms with van der Waals surface area (Å²) >= 11 is 0. The number of carbonyl (C=O) groups excluding carboxylic acids is 2. The van der Waals surface area contributed by atoms with E-state index in [1.54, 1.807) is 27.7 Å². The first-order chi connectivity index (χ1) is 12.7. The van der Waals surface area contributed by atoms with Crippen LogP contribution in [0, 0.1) is 5.92 Å². The van der Waals surface area contributed by atoms with Gasteiger partial charge in [-0.1, -0.05) is 13.8 Å². The Morgan fingerprint density at radius 3 is 2.25 bits per heavy atom. The van der Waals surface area contributed by atoms with Crippen LogP contribution in [-0.4, -0.2) is 34.6 Å². The Kier molecular flexibility index (Phi) is 7.90. The molecule has 1 aromatic heterocycles. The summed E-state index contributed by atoms with van der Waals surface area (Å²) in [7, 11) is 0. The third-order valence-corrected chi connectivity index (χ3v) is 3.66. The van der Waals surface area contributed by atoms with Gasteiger partial charge in [-0.2, -0.15) is 0 Å². The molecule has 0 saturated carbocycles. The van der Waals surface area contributed by atoms with Gasteiger partial charge in [-0.15, -0.1) is 0 Å². The fourth-order valence-electron chi connectivity index (χ4n) is 2.77. The third kappa shape index (κ3) is 7.78. The molecule has 0 aliphatic rings. The molecule has 1 heterocycles. The van der Waals surface area contributed by atoms with Crippen molar-refractivity contribution in [3.8, 4) is 5.75 Å². The quantitative estimate of drug-likeness (QED) is 0.626. The summed E-state index contributed by atoms with van der Waals surface area (Å²) in [6.45, 7) is 12.1. The molecule has 158 valence electrons. The maximum absolute atomic E-state index is 13.4. The number of alkyl halides is 2. The highest BCUT2D eigenvalue weighted by Crippen LogP contribution is 2.29. The molecule has 1 rings (SSSR count). The molecule has 0 aliphatic carbocycles. The summed E-state index contributed by atoms with van der Waals surface area (Å²) in [6, 6.07) is 2.64. The molecule has 0 fully saturated rings. The number of rotatable bonds is 8. The molecule has 0 spiro atoms. The van der Waals surface area contributed by atoms with Crippen molar-refractivity contribution in [1.29, 1.82) is 0 Å². The topological polar surface area (TPSA) is 77.5 Å². The number of nitrogens with one attached hydrogen (secondary N) is 1. The second kappa shape index (κ2) is 9.30. The number of ether oxygens (including phenoxy) is 2. The maximum Gasteiger partial charge on any atom is 0.408 e. The average molecular weight is 400 g/mol. The predicted molar refractivity (Wildman–Crippen MR) is 102 cm³/mol. The van der Waals surface area contributed by atoms with Gasteiger partial charge in [0.25, 0.3) is 6.43 Å². The van der Waals surface area contributed by atoms with Gasteiger partial charge in [0.15, 0.2) is 5.78 Å². The van der Waals surface area contributed by atoms with E-state index in [0.717, 1.165) is 0 Å². The van der Waals surface area contributed by atoms with Crippen molar-refractivity contribution in [2.24, 2.45) is 5.92 Å². The van der Waals surface area contributed by atoms with Crippen LogP contribution in [0.15, 0.2) is 12.1 Å². The van der Waals surface area contributed by atoms with Crippen LogP contribution in [0.3, 0.4) is 0 Å². The molecule has 28 heavy (non-hydrogen) atoms. The molecule has 1 atom stereocenters. The van der Waals surface area contributed by atoms with Crippen LogP contribution in [0.4, 0.5) is 13.6 Å². The van der Waals surface area contributed by atoms with Crippen LogP contribution in [0.1, 0.15) is 77.5 Å². The van der Waals surface area contributed by atoms with Crippen molar-refractivity contribution in [3.63, 3.8) is 0 Å². The van der Waals surface area contributed by atoms with Gasteiger partial charge in [0.05, 0.1) is 5.54 Å². The summed E-state index contributed by atoms with van der Waals surface area (Å²) in [5.41, 5.74) is -2.18. The lowest BCUT2D eigenvalue weighted by Gasteiger charge is -2.33. The van der Waals surface area contributed by atoms with Crippen LogP contribution in [0.2, 0.25) is 0 Å². The Labute approximate surface area is 165 Å². The van der Waals surface area contributed by atoms with Crippen LogP contribution >= 0.6 is 0 Å². The number of hydrogen-bond acceptors (Lipinski definition) is 5. The van der Waals surface area contributed by atoms with Gasteiger partial charge in [-0.25, -0.2) is 18.6 Å². The molecule has 8 heteroatoms. The van der Waals surface area contributed by atoms with E-state index in [1.165, 1.54) is 19.1 Å². The number of amides is 1. The minimum absolute atomic E-state index is 0.0560. The molecule has 0 aromatic carbocycles. The number of ketones is 1. The third-order valence-electron chi connectivity index (χ3n) is 3.66. The highest BCUT2D eigenvalue weighted by Gasteiger charge is 2.31. The monoisotopic (exact) mass is 400 g/mol. The van der Waals surface area contributed by atoms with E-state index in [2.05, 4.69) is 10.3 Å². The molecule has 0 saturated heterocycles. The zero-order valence-corrected chi connectivity index (χ0v) is 17.6. The van der Waals surface area contributed by atoms with E-state index in [9.17, 15) is 18.4 Å². The highest BCUT2D eigenvalue weighted by molar-refractivity contribution is 5.92. The fourth-order valence-corrected chi connectivity index (χ4v) is 2.77. The van der Waals surface area contributed by atoms with E-state index in [0.29, 0.717) is 6.42 Å². The lowest BCUT2D eigenvalue weighted by molar-refractivity contribution is 0.0403. The van der Waals surface area contributed by atoms with Crippen molar-refractivity contribution in [3.05, 3.63) is 23.5 Å². The van der Waals surface area contributed by atoms with Gasteiger partial charge < -0.3 is 14.8 Å². The number of nitrogens with zero attached hydrogens (tertiary/aromatic N) is 1. The molecule has 1 aromatic rings. The first kappa shape index (κ1) is 23.8. The molecule has 1 amide bonds. The van der Waals surface area contributed by atoms with Crippen molar-refractivity contribution < 1.29 is 27.8 Å². The SMILES string of the molecule is CC(=O)c1ccc(OC[C@](C)(CC(C)C)NC(=O)OC(C)(C)C)c(C(F)F)n1. The second-order valence-corrected chi connectivity index (χ2v) is 8.51. The fraction of sp³-hybridized carbons (Fsp3) is 0.650. The number of aromatic nitrogens is 1. The van der Waals surface area contributed by atoms with E-state index < -0.39 is 35.1 Å². The molecule has 1 N–H and O–H groups in total. The van der Waals surface area contributed by atoms with Crippen LogP contribution in [0.5, 0.6) is 5.75 Å². The summed E-state index contributed by atoms with van der Waals surface area (Å²) in [5.74, 6) is -0.332. The number of alkyl carbamates (subject to hydrolysis) is 1. The number of Topliss-reactive ketones (excluding diaryl/α,β-unsaturated/α-hetero) is 1. The number of pyridine rings is 1. The first-order valence-electron chi connectivity index (χ1n) is 9.16. The summed E-state index contributed by atoms with van der Waals surface area (Å²) in [4.78, 5) is 27.3. The van der Waals surface area contributed by atoms with Crippen molar-refractivity contribution >= 4 is 11.9 Å². The van der Waals surface area contributed by atoms with E-state index in [-0.39, 0.29) is 24.0 Å². The van der Waals surface area contributed by atoms with Gasteiger partial charge in [0.2, 0.25) is 0 Å². The highest BCUT2D eigenvalue weighted by atomic mass is 19.3. The smallest absolute Gasteiger partial charge is 0.408 e. The standard InChI is InChI=1S/C20H30F2N2O4/c1-12(2)10-20(7,24-18(26)28-19(4,5)6)11-27-15-9-8-14(13(3)25)23-16(15)17(21)22/h8-9,12,17H,10-11H2,1-7H3,(H,24,26)/t20-/m0/s1. The zero-order chi connectivity index (χ0) is 21.7. The lowest BCUT2D eigenvalue weighted by Crippen LogP contribution is -2.52. The molecule has 0 aliphatic heterocycles. The van der Waals surface area contributed by atoms with Gasteiger partial charge >= 0.3 is 6.09 Å². The molecule has 0 bridgehead atoms. The van der Waals surface area contributed by atoms with Crippen molar-refractivity contribution in [2.45, 2.75) is 72.5 Å². The second-order valence-electron chi connectivity index (χ2n) is 8.51. The van der Waals surface area contributed by atoms with E-state index in [1.807, 2.05) is 13.8 Å². The van der Waals surface area contributed by atoms with Crippen molar-refractivity contribution in [2.75, 3.05) is 6.61 Å². The molecular formula is C20H30F2N2O4. The normalized spacial score (nSPS) is 14.0.